The van der Waals surface area contributed by atoms with Crippen molar-refractivity contribution < 1.29 is 0 Å². The minimum Gasteiger partial charge on any atom is -0.380 e. The van der Waals surface area contributed by atoms with Gasteiger partial charge in [-0.15, -0.1) is 11.3 Å². The van der Waals surface area contributed by atoms with Crippen LogP contribution in [0.4, 0.5) is 5.69 Å². The second kappa shape index (κ2) is 5.41. The molecule has 0 unspecified atom stereocenters. The van der Waals surface area contributed by atoms with Crippen molar-refractivity contribution in [2.75, 3.05) is 5.32 Å². The van der Waals surface area contributed by atoms with E-state index < -0.39 is 0 Å². The quantitative estimate of drug-likeness (QED) is 0.788. The molecule has 0 saturated heterocycles. The van der Waals surface area contributed by atoms with E-state index in [4.69, 9.17) is 23.2 Å². The molecule has 16 heavy (non-hydrogen) atoms. The molecule has 0 fully saturated rings. The van der Waals surface area contributed by atoms with Crippen LogP contribution in [-0.4, -0.2) is 0 Å². The molecule has 0 saturated carbocycles. The van der Waals surface area contributed by atoms with E-state index in [1.165, 1.54) is 5.56 Å². The molecule has 2 rings (SSSR count). The van der Waals surface area contributed by atoms with Crippen molar-refractivity contribution in [3.8, 4) is 0 Å². The maximum atomic E-state index is 6.06. The predicted molar refractivity (Wildman–Crippen MR) is 75.8 cm³/mol. The molecule has 0 radical (unpaired) electrons. The number of halogens is 3. The van der Waals surface area contributed by atoms with Crippen LogP contribution in [0.15, 0.2) is 33.4 Å². The zero-order valence-corrected chi connectivity index (χ0v) is 12.1. The van der Waals surface area contributed by atoms with E-state index in [1.54, 1.807) is 17.4 Å². The first-order valence-corrected chi connectivity index (χ1v) is 7.00. The van der Waals surface area contributed by atoms with Crippen molar-refractivity contribution >= 4 is 56.2 Å². The highest BCUT2D eigenvalue weighted by Gasteiger charge is 2.04. The van der Waals surface area contributed by atoms with E-state index in [-0.39, 0.29) is 0 Å². The molecule has 5 heteroatoms. The molecule has 0 aliphatic carbocycles. The Morgan fingerprint density at radius 2 is 2.12 bits per heavy atom. The number of anilines is 1. The molecule has 2 aromatic rings. The standard InChI is InChI=1S/C11H8BrCl2NS/c12-10-4-7(6-16-10)5-15-9-3-1-2-8(13)11(9)14/h1-4,6,15H,5H2. The van der Waals surface area contributed by atoms with Crippen LogP contribution in [0.1, 0.15) is 5.56 Å². The van der Waals surface area contributed by atoms with Gasteiger partial charge in [0.25, 0.3) is 0 Å². The molecule has 0 aliphatic rings. The number of nitrogens with one attached hydrogen (secondary N) is 1. The third kappa shape index (κ3) is 2.92. The van der Waals surface area contributed by atoms with E-state index in [0.29, 0.717) is 10.0 Å². The Kier molecular flexibility index (Phi) is 4.14. The highest BCUT2D eigenvalue weighted by atomic mass is 79.9. The van der Waals surface area contributed by atoms with E-state index in [2.05, 4.69) is 32.7 Å². The minimum absolute atomic E-state index is 0.568. The van der Waals surface area contributed by atoms with E-state index in [0.717, 1.165) is 16.0 Å². The molecule has 1 aromatic heterocycles. The van der Waals surface area contributed by atoms with Gasteiger partial charge in [-0.05, 0) is 45.1 Å². The van der Waals surface area contributed by atoms with Crippen molar-refractivity contribution in [1.82, 2.24) is 0 Å². The first-order chi connectivity index (χ1) is 7.66. The molecule has 0 atom stereocenters. The van der Waals surface area contributed by atoms with Crippen molar-refractivity contribution in [3.05, 3.63) is 49.0 Å². The molecular weight excluding hydrogens is 329 g/mol. The van der Waals surface area contributed by atoms with Crippen LogP contribution in [0.3, 0.4) is 0 Å². The second-order valence-corrected chi connectivity index (χ2v) is 6.29. The largest absolute Gasteiger partial charge is 0.380 e. The zero-order chi connectivity index (χ0) is 11.5. The average molecular weight is 337 g/mol. The van der Waals surface area contributed by atoms with Gasteiger partial charge in [0.15, 0.2) is 0 Å². The lowest BCUT2D eigenvalue weighted by Gasteiger charge is -2.07. The first-order valence-electron chi connectivity index (χ1n) is 4.57. The Labute approximate surface area is 117 Å². The third-order valence-electron chi connectivity index (χ3n) is 2.06. The van der Waals surface area contributed by atoms with E-state index in [9.17, 15) is 0 Å². The normalized spacial score (nSPS) is 10.4. The summed E-state index contributed by atoms with van der Waals surface area (Å²) in [7, 11) is 0. The fraction of sp³-hybridized carbons (Fsp3) is 0.0909. The van der Waals surface area contributed by atoms with Gasteiger partial charge in [-0.3, -0.25) is 0 Å². The number of rotatable bonds is 3. The van der Waals surface area contributed by atoms with Gasteiger partial charge in [-0.1, -0.05) is 29.3 Å². The van der Waals surface area contributed by atoms with Gasteiger partial charge in [0.05, 0.1) is 19.5 Å². The van der Waals surface area contributed by atoms with Crippen LogP contribution >= 0.6 is 50.5 Å². The summed E-state index contributed by atoms with van der Waals surface area (Å²) < 4.78 is 1.13. The van der Waals surface area contributed by atoms with Crippen LogP contribution < -0.4 is 5.32 Å². The van der Waals surface area contributed by atoms with Gasteiger partial charge in [-0.2, -0.15) is 0 Å². The van der Waals surface area contributed by atoms with Crippen molar-refractivity contribution in [2.45, 2.75) is 6.54 Å². The van der Waals surface area contributed by atoms with Crippen molar-refractivity contribution in [2.24, 2.45) is 0 Å². The molecule has 0 amide bonds. The topological polar surface area (TPSA) is 12.0 Å². The Morgan fingerprint density at radius 1 is 1.31 bits per heavy atom. The summed E-state index contributed by atoms with van der Waals surface area (Å²) in [6.45, 7) is 0.738. The second-order valence-electron chi connectivity index (χ2n) is 3.21. The van der Waals surface area contributed by atoms with Gasteiger partial charge in [-0.25, -0.2) is 0 Å². The lowest BCUT2D eigenvalue weighted by Crippen LogP contribution is -1.98. The maximum Gasteiger partial charge on any atom is 0.0823 e. The molecule has 1 aromatic carbocycles. The highest BCUT2D eigenvalue weighted by Crippen LogP contribution is 2.30. The Balaban J connectivity index is 2.07. The number of hydrogen-bond acceptors (Lipinski definition) is 2. The van der Waals surface area contributed by atoms with Crippen LogP contribution in [0, 0.1) is 0 Å². The summed E-state index contributed by atoms with van der Waals surface area (Å²) in [6.07, 6.45) is 0. The maximum absolute atomic E-state index is 6.06. The van der Waals surface area contributed by atoms with Crippen molar-refractivity contribution in [3.63, 3.8) is 0 Å². The van der Waals surface area contributed by atoms with Gasteiger partial charge < -0.3 is 5.32 Å². The van der Waals surface area contributed by atoms with Crippen LogP contribution in [-0.2, 0) is 6.54 Å². The van der Waals surface area contributed by atoms with Crippen LogP contribution in [0.2, 0.25) is 10.0 Å². The zero-order valence-electron chi connectivity index (χ0n) is 8.14. The monoisotopic (exact) mass is 335 g/mol. The third-order valence-corrected chi connectivity index (χ3v) is 4.43. The van der Waals surface area contributed by atoms with Gasteiger partial charge in [0.2, 0.25) is 0 Å². The minimum atomic E-state index is 0.568. The Morgan fingerprint density at radius 3 is 2.81 bits per heavy atom. The Bertz CT molecular complexity index is 498. The molecule has 0 spiro atoms. The summed E-state index contributed by atoms with van der Waals surface area (Å²) in [4.78, 5) is 0. The first kappa shape index (κ1) is 12.2. The summed E-state index contributed by atoms with van der Waals surface area (Å²) in [6, 6.07) is 7.64. The van der Waals surface area contributed by atoms with Crippen LogP contribution in [0.25, 0.3) is 0 Å². The Hall–Kier alpha value is -0.220. The predicted octanol–water partition coefficient (Wildman–Crippen LogP) is 5.43. The number of benzene rings is 1. The molecule has 0 bridgehead atoms. The van der Waals surface area contributed by atoms with Gasteiger partial charge in [0, 0.05) is 6.54 Å². The van der Waals surface area contributed by atoms with E-state index >= 15 is 0 Å². The van der Waals surface area contributed by atoms with Gasteiger partial charge >= 0.3 is 0 Å². The van der Waals surface area contributed by atoms with E-state index in [1.807, 2.05) is 12.1 Å². The lowest BCUT2D eigenvalue weighted by atomic mass is 10.3. The molecule has 1 N–H and O–H groups in total. The summed E-state index contributed by atoms with van der Waals surface area (Å²) in [5.41, 5.74) is 2.07. The molecule has 84 valence electrons. The fourth-order valence-electron chi connectivity index (χ4n) is 1.28. The average Bonchev–Trinajstić information content (AvgIpc) is 2.67. The van der Waals surface area contributed by atoms with Crippen LogP contribution in [0.5, 0.6) is 0 Å². The molecular formula is C11H8BrCl2NS. The number of thiophene rings is 1. The fourth-order valence-corrected chi connectivity index (χ4v) is 2.85. The highest BCUT2D eigenvalue weighted by molar-refractivity contribution is 9.11. The van der Waals surface area contributed by atoms with Gasteiger partial charge in [0.1, 0.15) is 0 Å². The summed E-state index contributed by atoms with van der Waals surface area (Å²) in [5.74, 6) is 0. The molecule has 1 nitrogen and oxygen atoms in total. The lowest BCUT2D eigenvalue weighted by molar-refractivity contribution is 1.16. The SMILES string of the molecule is Clc1cccc(NCc2csc(Br)c2)c1Cl. The number of hydrogen-bond donors (Lipinski definition) is 1. The smallest absolute Gasteiger partial charge is 0.0823 e. The summed E-state index contributed by atoms with van der Waals surface area (Å²) in [5, 5.41) is 6.48. The molecule has 1 heterocycles. The summed E-state index contributed by atoms with van der Waals surface area (Å²) >= 11 is 17.1. The molecule has 0 aliphatic heterocycles. The van der Waals surface area contributed by atoms with Crippen molar-refractivity contribution in [1.29, 1.82) is 0 Å².